The third kappa shape index (κ3) is 6.07. The number of nitrogens with one attached hydrogen (secondary N) is 2. The molecule has 0 atom stereocenters. The Morgan fingerprint density at radius 1 is 0.903 bits per heavy atom. The van der Waals surface area contributed by atoms with Crippen LogP contribution in [0.1, 0.15) is 63.9 Å². The van der Waals surface area contributed by atoms with E-state index < -0.39 is 10.0 Å². The van der Waals surface area contributed by atoms with Crippen LogP contribution in [0.15, 0.2) is 29.2 Å². The zero-order valence-corrected chi connectivity index (χ0v) is 19.4. The molecule has 1 aromatic carbocycles. The minimum Gasteiger partial charge on any atom is -0.354 e. The maximum atomic E-state index is 12.9. The van der Waals surface area contributed by atoms with Crippen molar-refractivity contribution in [2.75, 3.05) is 26.2 Å². The van der Waals surface area contributed by atoms with Crippen LogP contribution in [0.2, 0.25) is 0 Å². The fraction of sp³-hybridized carbons (Fsp3) is 0.652. The highest BCUT2D eigenvalue weighted by Crippen LogP contribution is 2.26. The fourth-order valence-corrected chi connectivity index (χ4v) is 5.85. The molecule has 8 heteroatoms. The van der Waals surface area contributed by atoms with Gasteiger partial charge in [0.2, 0.25) is 21.8 Å². The van der Waals surface area contributed by atoms with Gasteiger partial charge in [-0.25, -0.2) is 8.42 Å². The molecule has 3 rings (SSSR count). The van der Waals surface area contributed by atoms with E-state index >= 15 is 0 Å². The first-order valence-corrected chi connectivity index (χ1v) is 12.9. The third-order valence-corrected chi connectivity index (χ3v) is 8.37. The molecule has 0 bridgehead atoms. The number of nitrogens with zero attached hydrogens (tertiary/aromatic N) is 1. The Morgan fingerprint density at radius 3 is 1.87 bits per heavy atom. The van der Waals surface area contributed by atoms with Gasteiger partial charge in [-0.2, -0.15) is 4.31 Å². The number of carbonyl (C=O) groups is 2. The summed E-state index contributed by atoms with van der Waals surface area (Å²) in [6.45, 7) is 5.65. The number of piperidine rings is 1. The first-order chi connectivity index (χ1) is 14.8. The van der Waals surface area contributed by atoms with Crippen LogP contribution in [0.5, 0.6) is 0 Å². The summed E-state index contributed by atoms with van der Waals surface area (Å²) in [6, 6.07) is 7.07. The molecule has 1 saturated carbocycles. The Kier molecular flexibility index (Phi) is 8.11. The van der Waals surface area contributed by atoms with Gasteiger partial charge in [-0.05, 0) is 49.3 Å². The topological polar surface area (TPSA) is 95.6 Å². The van der Waals surface area contributed by atoms with Crippen LogP contribution in [0.4, 0.5) is 0 Å². The van der Waals surface area contributed by atoms with Gasteiger partial charge in [-0.15, -0.1) is 0 Å². The largest absolute Gasteiger partial charge is 0.354 e. The Labute approximate surface area is 186 Å². The second kappa shape index (κ2) is 10.6. The summed E-state index contributed by atoms with van der Waals surface area (Å²) in [6.07, 6.45) is 5.16. The van der Waals surface area contributed by atoms with Crippen molar-refractivity contribution < 1.29 is 18.0 Å². The summed E-state index contributed by atoms with van der Waals surface area (Å²) in [7, 11) is -3.54. The van der Waals surface area contributed by atoms with Crippen molar-refractivity contribution in [3.8, 4) is 0 Å². The zero-order chi connectivity index (χ0) is 22.4. The second-order valence-corrected chi connectivity index (χ2v) is 10.9. The first kappa shape index (κ1) is 23.7. The maximum Gasteiger partial charge on any atom is 0.243 e. The fourth-order valence-electron chi connectivity index (χ4n) is 4.38. The second-order valence-electron chi connectivity index (χ2n) is 8.97. The highest BCUT2D eigenvalue weighted by atomic mass is 32.2. The normalized spacial score (nSPS) is 18.9. The van der Waals surface area contributed by atoms with Crippen molar-refractivity contribution in [3.05, 3.63) is 29.8 Å². The van der Waals surface area contributed by atoms with E-state index in [-0.39, 0.29) is 23.7 Å². The maximum absolute atomic E-state index is 12.9. The van der Waals surface area contributed by atoms with Gasteiger partial charge in [-0.1, -0.05) is 38.8 Å². The van der Waals surface area contributed by atoms with Gasteiger partial charge in [0.15, 0.2) is 0 Å². The summed E-state index contributed by atoms with van der Waals surface area (Å²) in [5.74, 6) is 0.311. The number of carbonyl (C=O) groups excluding carboxylic acids is 2. The molecule has 1 aromatic rings. The van der Waals surface area contributed by atoms with Crippen LogP contribution in [-0.2, 0) is 19.6 Å². The molecule has 1 aliphatic carbocycles. The van der Waals surface area contributed by atoms with Crippen LogP contribution < -0.4 is 10.6 Å². The van der Waals surface area contributed by atoms with E-state index in [4.69, 9.17) is 0 Å². The molecule has 2 N–H and O–H groups in total. The number of rotatable bonds is 8. The molecular weight excluding hydrogens is 414 g/mol. The van der Waals surface area contributed by atoms with E-state index in [1.54, 1.807) is 12.1 Å². The monoisotopic (exact) mass is 449 g/mol. The molecule has 1 aliphatic heterocycles. The van der Waals surface area contributed by atoms with Gasteiger partial charge in [0.25, 0.3) is 0 Å². The average Bonchev–Trinajstić information content (AvgIpc) is 3.31. The van der Waals surface area contributed by atoms with Crippen LogP contribution in [0, 0.1) is 11.8 Å². The minimum absolute atomic E-state index is 0.0616. The van der Waals surface area contributed by atoms with Crippen molar-refractivity contribution in [2.24, 2.45) is 11.8 Å². The van der Waals surface area contributed by atoms with E-state index in [0.717, 1.165) is 31.2 Å². The molecule has 1 heterocycles. The Morgan fingerprint density at radius 2 is 1.39 bits per heavy atom. The highest BCUT2D eigenvalue weighted by Gasteiger charge is 2.32. The predicted molar refractivity (Wildman–Crippen MR) is 120 cm³/mol. The molecule has 2 fully saturated rings. The van der Waals surface area contributed by atoms with Crippen molar-refractivity contribution in [1.82, 2.24) is 14.9 Å². The lowest BCUT2D eigenvalue weighted by atomic mass is 9.97. The Balaban J connectivity index is 1.41. The SMILES string of the molecule is CC(C)c1ccc(S(=O)(=O)N2CCC(C(=O)NCCNC(=O)C3CCCC3)CC2)cc1. The van der Waals surface area contributed by atoms with E-state index in [9.17, 15) is 18.0 Å². The van der Waals surface area contributed by atoms with Crippen LogP contribution in [-0.4, -0.2) is 50.7 Å². The lowest BCUT2D eigenvalue weighted by molar-refractivity contribution is -0.127. The molecule has 31 heavy (non-hydrogen) atoms. The standard InChI is InChI=1S/C23H35N3O4S/c1-17(2)18-7-9-21(10-8-18)31(29,30)26-15-11-20(12-16-26)23(28)25-14-13-24-22(27)19-5-3-4-6-19/h7-10,17,19-20H,3-6,11-16H2,1-2H3,(H,24,27)(H,25,28). The molecule has 2 amide bonds. The quantitative estimate of drug-likeness (QED) is 0.597. The number of hydrogen-bond acceptors (Lipinski definition) is 4. The predicted octanol–water partition coefficient (Wildman–Crippen LogP) is 2.63. The highest BCUT2D eigenvalue weighted by molar-refractivity contribution is 7.89. The molecule has 172 valence electrons. The van der Waals surface area contributed by atoms with Gasteiger partial charge in [0, 0.05) is 38.0 Å². The first-order valence-electron chi connectivity index (χ1n) is 11.4. The number of sulfonamides is 1. The van der Waals surface area contributed by atoms with Crippen LogP contribution in [0.25, 0.3) is 0 Å². The molecular formula is C23H35N3O4S. The third-order valence-electron chi connectivity index (χ3n) is 6.46. The van der Waals surface area contributed by atoms with Crippen LogP contribution in [0.3, 0.4) is 0 Å². The van der Waals surface area contributed by atoms with Crippen molar-refractivity contribution in [3.63, 3.8) is 0 Å². The molecule has 0 spiro atoms. The summed E-state index contributed by atoms with van der Waals surface area (Å²) in [5.41, 5.74) is 1.11. The molecule has 7 nitrogen and oxygen atoms in total. The van der Waals surface area contributed by atoms with Gasteiger partial charge in [0.1, 0.15) is 0 Å². The minimum atomic E-state index is -3.54. The lowest BCUT2D eigenvalue weighted by Crippen LogP contribution is -2.44. The number of amides is 2. The zero-order valence-electron chi connectivity index (χ0n) is 18.6. The smallest absolute Gasteiger partial charge is 0.243 e. The van der Waals surface area contributed by atoms with E-state index in [0.29, 0.717) is 49.8 Å². The Bertz CT molecular complexity index is 853. The van der Waals surface area contributed by atoms with Crippen molar-refractivity contribution in [1.29, 1.82) is 0 Å². The van der Waals surface area contributed by atoms with Gasteiger partial charge in [-0.3, -0.25) is 9.59 Å². The molecule has 0 unspecified atom stereocenters. The van der Waals surface area contributed by atoms with E-state index in [1.807, 2.05) is 12.1 Å². The molecule has 0 aromatic heterocycles. The summed E-state index contributed by atoms with van der Waals surface area (Å²) >= 11 is 0. The summed E-state index contributed by atoms with van der Waals surface area (Å²) in [4.78, 5) is 24.7. The van der Waals surface area contributed by atoms with Crippen molar-refractivity contribution >= 4 is 21.8 Å². The van der Waals surface area contributed by atoms with Gasteiger partial charge >= 0.3 is 0 Å². The number of benzene rings is 1. The van der Waals surface area contributed by atoms with Gasteiger partial charge < -0.3 is 10.6 Å². The van der Waals surface area contributed by atoms with Crippen LogP contribution >= 0.6 is 0 Å². The number of hydrogen-bond donors (Lipinski definition) is 2. The molecule has 2 aliphatic rings. The average molecular weight is 450 g/mol. The van der Waals surface area contributed by atoms with Crippen molar-refractivity contribution in [2.45, 2.75) is 63.2 Å². The van der Waals surface area contributed by atoms with E-state index in [2.05, 4.69) is 24.5 Å². The molecule has 0 radical (unpaired) electrons. The molecule has 1 saturated heterocycles. The summed E-state index contributed by atoms with van der Waals surface area (Å²) in [5, 5.41) is 5.78. The Hall–Kier alpha value is -1.93. The van der Waals surface area contributed by atoms with Gasteiger partial charge in [0.05, 0.1) is 4.90 Å². The summed E-state index contributed by atoms with van der Waals surface area (Å²) < 4.78 is 27.3. The lowest BCUT2D eigenvalue weighted by Gasteiger charge is -2.30. The van der Waals surface area contributed by atoms with E-state index in [1.165, 1.54) is 4.31 Å².